The highest BCUT2D eigenvalue weighted by molar-refractivity contribution is 5.89. The SMILES string of the molecule is O=C1NCC[C@]1(c1nnc(-c2ncccc2Nc2ccc(C(F)(F)F)cc2)o1)C(F)F. The van der Waals surface area contributed by atoms with Gasteiger partial charge in [0.25, 0.3) is 12.3 Å². The minimum Gasteiger partial charge on any atom is -0.418 e. The number of rotatable bonds is 5. The maximum atomic E-state index is 13.7. The Balaban J connectivity index is 1.65. The highest BCUT2D eigenvalue weighted by Gasteiger charge is 2.56. The van der Waals surface area contributed by atoms with Crippen LogP contribution in [0.1, 0.15) is 17.9 Å². The van der Waals surface area contributed by atoms with Crippen LogP contribution in [0.3, 0.4) is 0 Å². The van der Waals surface area contributed by atoms with Crippen molar-refractivity contribution in [2.45, 2.75) is 24.4 Å². The van der Waals surface area contributed by atoms with E-state index in [4.69, 9.17) is 4.42 Å². The van der Waals surface area contributed by atoms with Gasteiger partial charge in [-0.1, -0.05) is 0 Å². The van der Waals surface area contributed by atoms with Crippen LogP contribution in [0.5, 0.6) is 0 Å². The second-order valence-corrected chi connectivity index (χ2v) is 6.79. The molecule has 0 saturated carbocycles. The lowest BCUT2D eigenvalue weighted by Crippen LogP contribution is -2.42. The molecular formula is C19H14F5N5O2. The van der Waals surface area contributed by atoms with Crippen LogP contribution in [0.25, 0.3) is 11.6 Å². The summed E-state index contributed by atoms with van der Waals surface area (Å²) in [6, 6.07) is 7.39. The Morgan fingerprint density at radius 1 is 1.13 bits per heavy atom. The van der Waals surface area contributed by atoms with Crippen molar-refractivity contribution >= 4 is 17.3 Å². The Morgan fingerprint density at radius 2 is 1.87 bits per heavy atom. The van der Waals surface area contributed by atoms with E-state index in [0.717, 1.165) is 12.1 Å². The van der Waals surface area contributed by atoms with E-state index in [9.17, 15) is 26.7 Å². The van der Waals surface area contributed by atoms with Gasteiger partial charge in [-0.15, -0.1) is 10.2 Å². The molecule has 162 valence electrons. The van der Waals surface area contributed by atoms with Crippen LogP contribution in [0.4, 0.5) is 33.3 Å². The van der Waals surface area contributed by atoms with Gasteiger partial charge in [-0.05, 0) is 42.8 Å². The van der Waals surface area contributed by atoms with Crippen molar-refractivity contribution in [3.8, 4) is 11.6 Å². The van der Waals surface area contributed by atoms with Gasteiger partial charge in [-0.3, -0.25) is 4.79 Å². The van der Waals surface area contributed by atoms with Crippen LogP contribution in [0.15, 0.2) is 47.0 Å². The minimum absolute atomic E-state index is 0.0468. The van der Waals surface area contributed by atoms with Crippen molar-refractivity contribution in [3.05, 3.63) is 54.0 Å². The van der Waals surface area contributed by atoms with Gasteiger partial charge < -0.3 is 15.1 Å². The van der Waals surface area contributed by atoms with Gasteiger partial charge in [0.1, 0.15) is 0 Å². The molecule has 3 heterocycles. The fourth-order valence-corrected chi connectivity index (χ4v) is 3.22. The topological polar surface area (TPSA) is 92.9 Å². The number of carbonyl (C=O) groups excluding carboxylic acids is 1. The molecule has 0 bridgehead atoms. The van der Waals surface area contributed by atoms with Crippen molar-refractivity contribution in [2.75, 3.05) is 11.9 Å². The third-order valence-electron chi connectivity index (χ3n) is 4.89. The molecule has 1 atom stereocenters. The molecule has 12 heteroatoms. The first-order valence-electron chi connectivity index (χ1n) is 9.02. The molecule has 0 aliphatic carbocycles. The predicted octanol–water partition coefficient (Wildman–Crippen LogP) is 3.92. The lowest BCUT2D eigenvalue weighted by molar-refractivity contribution is -0.137. The molecule has 3 aromatic rings. The van der Waals surface area contributed by atoms with Gasteiger partial charge in [0.05, 0.1) is 11.3 Å². The maximum Gasteiger partial charge on any atom is 0.416 e. The normalized spacial score (nSPS) is 19.0. The highest BCUT2D eigenvalue weighted by Crippen LogP contribution is 2.39. The Labute approximate surface area is 171 Å². The van der Waals surface area contributed by atoms with E-state index in [1.165, 1.54) is 18.3 Å². The van der Waals surface area contributed by atoms with Gasteiger partial charge in [0, 0.05) is 18.4 Å². The second-order valence-electron chi connectivity index (χ2n) is 6.79. The largest absolute Gasteiger partial charge is 0.418 e. The average Bonchev–Trinajstić information content (AvgIpc) is 3.35. The van der Waals surface area contributed by atoms with Crippen molar-refractivity contribution in [3.63, 3.8) is 0 Å². The molecule has 1 amide bonds. The van der Waals surface area contributed by atoms with Crippen LogP contribution in [0, 0.1) is 0 Å². The van der Waals surface area contributed by atoms with Gasteiger partial charge >= 0.3 is 6.18 Å². The van der Waals surface area contributed by atoms with Crippen LogP contribution >= 0.6 is 0 Å². The molecule has 1 aromatic carbocycles. The lowest BCUT2D eigenvalue weighted by Gasteiger charge is -2.20. The van der Waals surface area contributed by atoms with Crippen molar-refractivity contribution in [1.82, 2.24) is 20.5 Å². The van der Waals surface area contributed by atoms with Gasteiger partial charge in [-0.2, -0.15) is 13.2 Å². The number of pyridine rings is 1. The molecule has 31 heavy (non-hydrogen) atoms. The molecule has 4 rings (SSSR count). The molecule has 0 radical (unpaired) electrons. The summed E-state index contributed by atoms with van der Waals surface area (Å²) in [5, 5.41) is 12.6. The van der Waals surface area contributed by atoms with Gasteiger partial charge in [0.15, 0.2) is 11.1 Å². The number of carbonyl (C=O) groups is 1. The molecule has 1 aliphatic heterocycles. The van der Waals surface area contributed by atoms with E-state index in [1.807, 2.05) is 0 Å². The predicted molar refractivity (Wildman–Crippen MR) is 97.6 cm³/mol. The van der Waals surface area contributed by atoms with Crippen LogP contribution in [-0.2, 0) is 16.4 Å². The summed E-state index contributed by atoms with van der Waals surface area (Å²) >= 11 is 0. The Morgan fingerprint density at radius 3 is 2.48 bits per heavy atom. The third kappa shape index (κ3) is 3.68. The average molecular weight is 439 g/mol. The zero-order valence-electron chi connectivity index (χ0n) is 15.6. The monoisotopic (exact) mass is 439 g/mol. The first-order valence-corrected chi connectivity index (χ1v) is 9.02. The van der Waals surface area contributed by atoms with Gasteiger partial charge in [-0.25, -0.2) is 13.8 Å². The number of aromatic nitrogens is 3. The third-order valence-corrected chi connectivity index (χ3v) is 4.89. The molecule has 1 fully saturated rings. The first-order chi connectivity index (χ1) is 14.7. The Hall–Kier alpha value is -3.57. The molecule has 0 unspecified atom stereocenters. The number of nitrogens with zero attached hydrogens (tertiary/aromatic N) is 3. The summed E-state index contributed by atoms with van der Waals surface area (Å²) < 4.78 is 71.1. The maximum absolute atomic E-state index is 13.7. The summed E-state index contributed by atoms with van der Waals surface area (Å²) in [4.78, 5) is 16.2. The number of amides is 1. The zero-order valence-corrected chi connectivity index (χ0v) is 15.6. The molecule has 2 N–H and O–H groups in total. The highest BCUT2D eigenvalue weighted by atomic mass is 19.4. The summed E-state index contributed by atoms with van der Waals surface area (Å²) in [7, 11) is 0. The first kappa shape index (κ1) is 20.7. The zero-order chi connectivity index (χ0) is 22.2. The van der Waals surface area contributed by atoms with E-state index < -0.39 is 35.4 Å². The summed E-state index contributed by atoms with van der Waals surface area (Å²) in [5.41, 5.74) is -2.34. The molecule has 2 aromatic heterocycles. The quantitative estimate of drug-likeness (QED) is 0.586. The number of anilines is 2. The van der Waals surface area contributed by atoms with Gasteiger partial charge in [0.2, 0.25) is 11.8 Å². The second kappa shape index (κ2) is 7.60. The summed E-state index contributed by atoms with van der Waals surface area (Å²) in [5.74, 6) is -1.65. The molecular weight excluding hydrogens is 425 g/mol. The van der Waals surface area contributed by atoms with E-state index in [-0.39, 0.29) is 24.6 Å². The number of hydrogen-bond donors (Lipinski definition) is 2. The van der Waals surface area contributed by atoms with Crippen molar-refractivity contribution in [1.29, 1.82) is 0 Å². The van der Waals surface area contributed by atoms with Crippen LogP contribution < -0.4 is 10.6 Å². The van der Waals surface area contributed by atoms with E-state index in [1.54, 1.807) is 12.1 Å². The Kier molecular flexibility index (Phi) is 5.07. The van der Waals surface area contributed by atoms with Crippen LogP contribution in [0.2, 0.25) is 0 Å². The smallest absolute Gasteiger partial charge is 0.416 e. The number of nitrogens with one attached hydrogen (secondary N) is 2. The molecule has 1 saturated heterocycles. The number of halogens is 5. The number of hydrogen-bond acceptors (Lipinski definition) is 6. The number of benzene rings is 1. The van der Waals surface area contributed by atoms with Crippen molar-refractivity contribution < 1.29 is 31.2 Å². The molecule has 0 spiro atoms. The summed E-state index contributed by atoms with van der Waals surface area (Å²) in [6.45, 7) is 0.0468. The fourth-order valence-electron chi connectivity index (χ4n) is 3.22. The fraction of sp³-hybridized carbons (Fsp3) is 0.263. The van der Waals surface area contributed by atoms with E-state index >= 15 is 0 Å². The van der Waals surface area contributed by atoms with Crippen LogP contribution in [-0.4, -0.2) is 34.1 Å². The molecule has 7 nitrogen and oxygen atoms in total. The molecule has 1 aliphatic rings. The standard InChI is InChI=1S/C19H14F5N5O2/c20-15(21)18(7-9-26-16(18)30)17-29-28-14(31-17)13-12(2-1-8-25-13)27-11-5-3-10(4-6-11)19(22,23)24/h1-6,8,15,27H,7,9H2,(H,26,30)/t18-/m0/s1. The summed E-state index contributed by atoms with van der Waals surface area (Å²) in [6.07, 6.45) is -6.34. The van der Waals surface area contributed by atoms with Crippen molar-refractivity contribution in [2.24, 2.45) is 0 Å². The van der Waals surface area contributed by atoms with E-state index in [0.29, 0.717) is 11.4 Å². The minimum atomic E-state index is -4.47. The number of alkyl halides is 5. The van der Waals surface area contributed by atoms with E-state index in [2.05, 4.69) is 25.8 Å². The lowest BCUT2D eigenvalue weighted by atomic mass is 9.87. The Bertz CT molecular complexity index is 1100.